The van der Waals surface area contributed by atoms with Gasteiger partial charge in [0.25, 0.3) is 11.5 Å². The van der Waals surface area contributed by atoms with Crippen molar-refractivity contribution in [3.63, 3.8) is 0 Å². The second kappa shape index (κ2) is 8.10. The lowest BCUT2D eigenvalue weighted by atomic mass is 10.0. The number of ether oxygens (including phenoxy) is 2. The molecule has 1 aliphatic rings. The molecule has 0 bridgehead atoms. The van der Waals surface area contributed by atoms with Crippen LogP contribution in [0.2, 0.25) is 0 Å². The summed E-state index contributed by atoms with van der Waals surface area (Å²) in [5, 5.41) is 1.01. The molecule has 0 radical (unpaired) electrons. The van der Waals surface area contributed by atoms with Crippen molar-refractivity contribution in [1.82, 2.24) is 9.47 Å². The third-order valence-corrected chi connectivity index (χ3v) is 5.61. The molecule has 1 saturated heterocycles. The molecule has 0 saturated carbocycles. The standard InChI is InChI=1S/C23H25N3O4/c1-24-15-19(17-13-20(29-2)21(30-3)14-18(17)22(24)27)23(28)26-11-9-25(10-12-26)16-7-5-4-6-8-16/h4-8,13-15H,9-12H2,1-3H3. The molecule has 1 amide bonds. The maximum absolute atomic E-state index is 13.4. The zero-order chi connectivity index (χ0) is 21.3. The Morgan fingerprint density at radius 3 is 2.10 bits per heavy atom. The summed E-state index contributed by atoms with van der Waals surface area (Å²) in [5.74, 6) is 0.861. The normalized spacial score (nSPS) is 14.1. The molecule has 1 aromatic heterocycles. The molecular formula is C23H25N3O4. The summed E-state index contributed by atoms with van der Waals surface area (Å²) >= 11 is 0. The van der Waals surface area contributed by atoms with Crippen LogP contribution in [-0.2, 0) is 7.05 Å². The number of carbonyl (C=O) groups excluding carboxylic acids is 1. The Bertz CT molecular complexity index is 1130. The lowest BCUT2D eigenvalue weighted by Gasteiger charge is -2.36. The van der Waals surface area contributed by atoms with Crippen molar-refractivity contribution in [3.05, 3.63) is 64.6 Å². The van der Waals surface area contributed by atoms with E-state index in [-0.39, 0.29) is 11.5 Å². The van der Waals surface area contributed by atoms with Gasteiger partial charge >= 0.3 is 0 Å². The summed E-state index contributed by atoms with van der Waals surface area (Å²) in [6.07, 6.45) is 1.61. The Labute approximate surface area is 175 Å². The van der Waals surface area contributed by atoms with E-state index in [0.29, 0.717) is 40.9 Å². The Kier molecular flexibility index (Phi) is 5.35. The van der Waals surface area contributed by atoms with Gasteiger partial charge in [-0.1, -0.05) is 18.2 Å². The monoisotopic (exact) mass is 407 g/mol. The van der Waals surface area contributed by atoms with E-state index in [2.05, 4.69) is 17.0 Å². The van der Waals surface area contributed by atoms with E-state index in [1.807, 2.05) is 23.1 Å². The quantitative estimate of drug-likeness (QED) is 0.665. The fourth-order valence-electron chi connectivity index (χ4n) is 3.94. The highest BCUT2D eigenvalue weighted by Gasteiger charge is 2.25. The van der Waals surface area contributed by atoms with Crippen LogP contribution in [0.4, 0.5) is 5.69 Å². The number of para-hydroxylation sites is 1. The summed E-state index contributed by atoms with van der Waals surface area (Å²) in [7, 11) is 4.72. The largest absolute Gasteiger partial charge is 0.493 e. The maximum atomic E-state index is 13.4. The van der Waals surface area contributed by atoms with E-state index < -0.39 is 0 Å². The number of anilines is 1. The van der Waals surface area contributed by atoms with E-state index in [1.165, 1.54) is 18.8 Å². The van der Waals surface area contributed by atoms with Crippen LogP contribution in [0.1, 0.15) is 10.4 Å². The summed E-state index contributed by atoms with van der Waals surface area (Å²) in [4.78, 5) is 30.2. The van der Waals surface area contributed by atoms with Crippen LogP contribution in [0.15, 0.2) is 53.5 Å². The van der Waals surface area contributed by atoms with Crippen molar-refractivity contribution in [1.29, 1.82) is 0 Å². The Morgan fingerprint density at radius 1 is 0.900 bits per heavy atom. The third-order valence-electron chi connectivity index (χ3n) is 5.61. The van der Waals surface area contributed by atoms with Gasteiger partial charge in [0.15, 0.2) is 11.5 Å². The molecule has 7 nitrogen and oxygen atoms in total. The minimum absolute atomic E-state index is 0.0875. The number of carbonyl (C=O) groups is 1. The van der Waals surface area contributed by atoms with Crippen molar-refractivity contribution in [3.8, 4) is 11.5 Å². The maximum Gasteiger partial charge on any atom is 0.258 e. The van der Waals surface area contributed by atoms with Crippen LogP contribution in [0.5, 0.6) is 11.5 Å². The van der Waals surface area contributed by atoms with Crippen LogP contribution in [0.25, 0.3) is 10.8 Å². The van der Waals surface area contributed by atoms with Crippen molar-refractivity contribution < 1.29 is 14.3 Å². The molecule has 1 fully saturated rings. The molecule has 7 heteroatoms. The number of methoxy groups -OCH3 is 2. The SMILES string of the molecule is COc1cc2c(C(=O)N3CCN(c4ccccc4)CC3)cn(C)c(=O)c2cc1OC. The molecule has 156 valence electrons. The third kappa shape index (κ3) is 3.47. The first-order valence-electron chi connectivity index (χ1n) is 9.88. The van der Waals surface area contributed by atoms with Gasteiger partial charge in [0.05, 0.1) is 25.2 Å². The van der Waals surface area contributed by atoms with Crippen molar-refractivity contribution in [2.45, 2.75) is 0 Å². The van der Waals surface area contributed by atoms with Gasteiger partial charge in [0, 0.05) is 50.5 Å². The van der Waals surface area contributed by atoms with Gasteiger partial charge in [0.2, 0.25) is 0 Å². The van der Waals surface area contributed by atoms with Gasteiger partial charge in [-0.3, -0.25) is 9.59 Å². The molecular weight excluding hydrogens is 382 g/mol. The predicted molar refractivity (Wildman–Crippen MR) is 117 cm³/mol. The molecule has 0 spiro atoms. The number of aryl methyl sites for hydroxylation is 1. The van der Waals surface area contributed by atoms with E-state index in [9.17, 15) is 9.59 Å². The number of aromatic nitrogens is 1. The topological polar surface area (TPSA) is 64.0 Å². The van der Waals surface area contributed by atoms with E-state index in [4.69, 9.17) is 9.47 Å². The second-order valence-corrected chi connectivity index (χ2v) is 7.33. The molecule has 0 N–H and O–H groups in total. The highest BCUT2D eigenvalue weighted by molar-refractivity contribution is 6.07. The highest BCUT2D eigenvalue weighted by atomic mass is 16.5. The molecule has 4 rings (SSSR count). The molecule has 2 heterocycles. The Hall–Kier alpha value is -3.48. The van der Waals surface area contributed by atoms with Crippen LogP contribution >= 0.6 is 0 Å². The summed E-state index contributed by atoms with van der Waals surface area (Å²) in [5.41, 5.74) is 1.46. The van der Waals surface area contributed by atoms with Crippen molar-refractivity contribution in [2.24, 2.45) is 7.05 Å². The zero-order valence-electron chi connectivity index (χ0n) is 17.4. The predicted octanol–water partition coefficient (Wildman–Crippen LogP) is 2.52. The molecule has 30 heavy (non-hydrogen) atoms. The minimum Gasteiger partial charge on any atom is -0.493 e. The molecule has 2 aromatic carbocycles. The summed E-state index contributed by atoms with van der Waals surface area (Å²) < 4.78 is 12.2. The lowest BCUT2D eigenvalue weighted by molar-refractivity contribution is 0.0748. The van der Waals surface area contributed by atoms with E-state index in [1.54, 1.807) is 25.4 Å². The number of piperazine rings is 1. The zero-order valence-corrected chi connectivity index (χ0v) is 17.4. The lowest BCUT2D eigenvalue weighted by Crippen LogP contribution is -2.49. The number of hydrogen-bond donors (Lipinski definition) is 0. The molecule has 0 aliphatic carbocycles. The number of amides is 1. The summed E-state index contributed by atoms with van der Waals surface area (Å²) in [6.45, 7) is 2.75. The van der Waals surface area contributed by atoms with Crippen molar-refractivity contribution in [2.75, 3.05) is 45.3 Å². The molecule has 0 unspecified atom stereocenters. The number of nitrogens with zero attached hydrogens (tertiary/aromatic N) is 3. The number of hydrogen-bond acceptors (Lipinski definition) is 5. The smallest absolute Gasteiger partial charge is 0.258 e. The van der Waals surface area contributed by atoms with Gasteiger partial charge in [0.1, 0.15) is 0 Å². The second-order valence-electron chi connectivity index (χ2n) is 7.33. The Morgan fingerprint density at radius 2 is 1.50 bits per heavy atom. The average Bonchev–Trinajstić information content (AvgIpc) is 2.80. The fourth-order valence-corrected chi connectivity index (χ4v) is 3.94. The van der Waals surface area contributed by atoms with Crippen LogP contribution < -0.4 is 19.9 Å². The van der Waals surface area contributed by atoms with Gasteiger partial charge in [-0.05, 0) is 24.3 Å². The number of fused-ring (bicyclic) bond motifs is 1. The van der Waals surface area contributed by atoms with Crippen LogP contribution in [0, 0.1) is 0 Å². The fraction of sp³-hybridized carbons (Fsp3) is 0.304. The number of pyridine rings is 1. The van der Waals surface area contributed by atoms with E-state index >= 15 is 0 Å². The number of benzene rings is 2. The van der Waals surface area contributed by atoms with Gasteiger partial charge < -0.3 is 23.8 Å². The summed E-state index contributed by atoms with van der Waals surface area (Å²) in [6, 6.07) is 13.5. The van der Waals surface area contributed by atoms with Gasteiger partial charge in [-0.2, -0.15) is 0 Å². The first-order chi connectivity index (χ1) is 14.5. The first kappa shape index (κ1) is 19.8. The molecule has 3 aromatic rings. The molecule has 1 aliphatic heterocycles. The first-order valence-corrected chi connectivity index (χ1v) is 9.88. The molecule has 0 atom stereocenters. The average molecular weight is 407 g/mol. The van der Waals surface area contributed by atoms with Gasteiger partial charge in [-0.15, -0.1) is 0 Å². The van der Waals surface area contributed by atoms with E-state index in [0.717, 1.165) is 18.8 Å². The number of rotatable bonds is 4. The Balaban J connectivity index is 1.67. The van der Waals surface area contributed by atoms with Gasteiger partial charge in [-0.25, -0.2) is 0 Å². The van der Waals surface area contributed by atoms with Crippen molar-refractivity contribution >= 4 is 22.4 Å². The highest BCUT2D eigenvalue weighted by Crippen LogP contribution is 2.32. The van der Waals surface area contributed by atoms with Crippen LogP contribution in [0.3, 0.4) is 0 Å². The minimum atomic E-state index is -0.184. The van der Waals surface area contributed by atoms with Crippen LogP contribution in [-0.4, -0.2) is 55.8 Å².